The number of thioether (sulfide) groups is 1. The van der Waals surface area contributed by atoms with E-state index in [-0.39, 0.29) is 43.5 Å². The van der Waals surface area contributed by atoms with E-state index >= 15 is 0 Å². The maximum atomic E-state index is 12.0. The zero-order valence-electron chi connectivity index (χ0n) is 24.3. The molecule has 1 saturated heterocycles. The lowest BCUT2D eigenvalue weighted by molar-refractivity contribution is -0.268. The van der Waals surface area contributed by atoms with Crippen LogP contribution in [0.3, 0.4) is 0 Å². The molecular formula is C34H35N3O6S. The molecule has 1 amide bonds. The first-order valence-electron chi connectivity index (χ1n) is 14.5. The maximum Gasteiger partial charge on any atom is 0.303 e. The highest BCUT2D eigenvalue weighted by Crippen LogP contribution is 2.43. The summed E-state index contributed by atoms with van der Waals surface area (Å²) in [5, 5.41) is 21.8. The molecule has 4 aromatic rings. The molecule has 9 nitrogen and oxygen atoms in total. The Morgan fingerprint density at radius 3 is 2.32 bits per heavy atom. The number of hydrogen-bond acceptors (Lipinski definition) is 8. The molecule has 228 valence electrons. The standard InChI is InChI=1S/C34H35N3O6S/c1-22-29(21-44-34-35-15-4-16-36-34)42-33(43-32(22)25-11-9-23(20-38)10-12-25)28-8-3-7-27(18-28)26-6-2-5-24(17-26)19-37-30(39)13-14-31(40)41/h2-12,15-18,22,29,32-33,38H,13-14,19-21H2,1H3,(H,37,39)(H,40,41)/t22-,29+,32+,33+/m1/s1. The Bertz CT molecular complexity index is 1550. The Labute approximate surface area is 260 Å². The first-order valence-corrected chi connectivity index (χ1v) is 15.5. The van der Waals surface area contributed by atoms with Crippen molar-refractivity contribution >= 4 is 23.6 Å². The predicted octanol–water partition coefficient (Wildman–Crippen LogP) is 5.70. The van der Waals surface area contributed by atoms with E-state index in [9.17, 15) is 14.7 Å². The van der Waals surface area contributed by atoms with Crippen molar-refractivity contribution in [1.29, 1.82) is 0 Å². The van der Waals surface area contributed by atoms with Crippen LogP contribution in [0.1, 0.15) is 54.4 Å². The lowest BCUT2D eigenvalue weighted by Gasteiger charge is -2.41. The van der Waals surface area contributed by atoms with Crippen LogP contribution in [0.25, 0.3) is 11.1 Å². The number of ether oxygens (including phenoxy) is 2. The number of carboxylic acid groups (broad SMARTS) is 1. The molecular weight excluding hydrogens is 578 g/mol. The number of nitrogens with zero attached hydrogens (tertiary/aromatic N) is 2. The highest BCUT2D eigenvalue weighted by molar-refractivity contribution is 7.99. The second-order valence-electron chi connectivity index (χ2n) is 10.7. The van der Waals surface area contributed by atoms with Crippen LogP contribution < -0.4 is 5.32 Å². The van der Waals surface area contributed by atoms with Crippen LogP contribution in [-0.4, -0.2) is 43.9 Å². The molecule has 4 atom stereocenters. The van der Waals surface area contributed by atoms with E-state index in [0.717, 1.165) is 33.4 Å². The predicted molar refractivity (Wildman–Crippen MR) is 166 cm³/mol. The number of amides is 1. The highest BCUT2D eigenvalue weighted by atomic mass is 32.2. The molecule has 44 heavy (non-hydrogen) atoms. The smallest absolute Gasteiger partial charge is 0.303 e. The molecule has 3 aromatic carbocycles. The monoisotopic (exact) mass is 613 g/mol. The van der Waals surface area contributed by atoms with Gasteiger partial charge < -0.3 is 25.0 Å². The van der Waals surface area contributed by atoms with Crippen LogP contribution in [-0.2, 0) is 32.2 Å². The summed E-state index contributed by atoms with van der Waals surface area (Å²) in [5.74, 6) is -0.611. The van der Waals surface area contributed by atoms with Crippen LogP contribution in [0, 0.1) is 5.92 Å². The van der Waals surface area contributed by atoms with Gasteiger partial charge in [0.2, 0.25) is 5.91 Å². The fourth-order valence-corrected chi connectivity index (χ4v) is 6.03. The SMILES string of the molecule is C[C@@H]1[C@H](CSc2ncccn2)O[C@H](c2cccc(-c3cccc(CNC(=O)CCC(=O)O)c3)c2)O[C@@H]1c1ccc(CO)cc1. The second kappa shape index (κ2) is 15.1. The molecule has 0 bridgehead atoms. The molecule has 1 aliphatic rings. The second-order valence-corrected chi connectivity index (χ2v) is 11.6. The third-order valence-electron chi connectivity index (χ3n) is 7.52. The van der Waals surface area contributed by atoms with E-state index in [1.165, 1.54) is 0 Å². The number of rotatable bonds is 12. The minimum atomic E-state index is -0.997. The van der Waals surface area contributed by atoms with E-state index in [1.54, 1.807) is 30.2 Å². The van der Waals surface area contributed by atoms with Crippen molar-refractivity contribution in [2.75, 3.05) is 5.75 Å². The molecule has 0 saturated carbocycles. The normalized spacial score (nSPS) is 19.8. The van der Waals surface area contributed by atoms with Crippen LogP contribution >= 0.6 is 11.8 Å². The van der Waals surface area contributed by atoms with Gasteiger partial charge in [-0.05, 0) is 46.0 Å². The number of aromatic nitrogens is 2. The van der Waals surface area contributed by atoms with Gasteiger partial charge in [0.25, 0.3) is 0 Å². The Hall–Kier alpha value is -4.09. The lowest BCUT2D eigenvalue weighted by atomic mass is 9.91. The van der Waals surface area contributed by atoms with Crippen LogP contribution in [0.4, 0.5) is 0 Å². The van der Waals surface area contributed by atoms with Gasteiger partial charge in [-0.2, -0.15) is 0 Å². The Balaban J connectivity index is 1.35. The number of carbonyl (C=O) groups is 2. The van der Waals surface area contributed by atoms with Gasteiger partial charge in [-0.1, -0.05) is 79.3 Å². The van der Waals surface area contributed by atoms with Gasteiger partial charge in [0.15, 0.2) is 11.4 Å². The molecule has 1 aliphatic heterocycles. The van der Waals surface area contributed by atoms with Gasteiger partial charge >= 0.3 is 5.97 Å². The largest absolute Gasteiger partial charge is 0.481 e. The van der Waals surface area contributed by atoms with E-state index in [1.807, 2.05) is 66.7 Å². The lowest BCUT2D eigenvalue weighted by Crippen LogP contribution is -2.38. The summed E-state index contributed by atoms with van der Waals surface area (Å²) in [6, 6.07) is 25.5. The van der Waals surface area contributed by atoms with Crippen molar-refractivity contribution in [3.63, 3.8) is 0 Å². The van der Waals surface area contributed by atoms with Crippen molar-refractivity contribution in [2.24, 2.45) is 5.92 Å². The molecule has 1 aromatic heterocycles. The highest BCUT2D eigenvalue weighted by Gasteiger charge is 2.38. The molecule has 0 spiro atoms. The Morgan fingerprint density at radius 2 is 1.59 bits per heavy atom. The molecule has 0 aliphatic carbocycles. The van der Waals surface area contributed by atoms with Crippen LogP contribution in [0.15, 0.2) is 96.4 Å². The average molecular weight is 614 g/mol. The molecule has 10 heteroatoms. The van der Waals surface area contributed by atoms with E-state index in [4.69, 9.17) is 14.6 Å². The Morgan fingerprint density at radius 1 is 0.864 bits per heavy atom. The van der Waals surface area contributed by atoms with Gasteiger partial charge in [-0.15, -0.1) is 0 Å². The van der Waals surface area contributed by atoms with Crippen molar-refractivity contribution in [1.82, 2.24) is 15.3 Å². The molecule has 3 N–H and O–H groups in total. The minimum Gasteiger partial charge on any atom is -0.481 e. The summed E-state index contributed by atoms with van der Waals surface area (Å²) in [4.78, 5) is 31.5. The van der Waals surface area contributed by atoms with Gasteiger partial charge in [0, 0.05) is 42.6 Å². The summed E-state index contributed by atoms with van der Waals surface area (Å²) in [6.07, 6.45) is 2.20. The summed E-state index contributed by atoms with van der Waals surface area (Å²) < 4.78 is 13.2. The fraction of sp³-hybridized carbons (Fsp3) is 0.294. The van der Waals surface area contributed by atoms with E-state index in [0.29, 0.717) is 17.5 Å². The number of benzene rings is 3. The average Bonchev–Trinajstić information content (AvgIpc) is 3.06. The van der Waals surface area contributed by atoms with Crippen LogP contribution in [0.2, 0.25) is 0 Å². The fourth-order valence-electron chi connectivity index (χ4n) is 5.06. The molecule has 2 heterocycles. The first-order chi connectivity index (χ1) is 21.4. The van der Waals surface area contributed by atoms with Crippen molar-refractivity contribution in [3.8, 4) is 11.1 Å². The number of aliphatic hydroxyl groups is 1. The number of hydrogen-bond donors (Lipinski definition) is 3. The zero-order chi connectivity index (χ0) is 30.9. The summed E-state index contributed by atoms with van der Waals surface area (Å²) in [6.45, 7) is 2.41. The van der Waals surface area contributed by atoms with Gasteiger partial charge in [-0.3, -0.25) is 9.59 Å². The van der Waals surface area contributed by atoms with E-state index < -0.39 is 12.3 Å². The van der Waals surface area contributed by atoms with Crippen molar-refractivity contribution in [3.05, 3.63) is 114 Å². The van der Waals surface area contributed by atoms with Gasteiger partial charge in [0.05, 0.1) is 25.2 Å². The molecule has 0 radical (unpaired) electrons. The van der Waals surface area contributed by atoms with E-state index in [2.05, 4.69) is 28.3 Å². The zero-order valence-corrected chi connectivity index (χ0v) is 25.2. The minimum absolute atomic E-state index is 0.0193. The van der Waals surface area contributed by atoms with Crippen LogP contribution in [0.5, 0.6) is 0 Å². The van der Waals surface area contributed by atoms with Crippen molar-refractivity contribution in [2.45, 2.75) is 56.6 Å². The third kappa shape index (κ3) is 8.29. The summed E-state index contributed by atoms with van der Waals surface area (Å²) >= 11 is 1.55. The number of nitrogens with one attached hydrogen (secondary N) is 1. The molecule has 1 fully saturated rings. The number of carbonyl (C=O) groups excluding carboxylic acids is 1. The van der Waals surface area contributed by atoms with Gasteiger partial charge in [0.1, 0.15) is 0 Å². The topological polar surface area (TPSA) is 131 Å². The Kier molecular flexibility index (Phi) is 10.7. The first kappa shape index (κ1) is 31.3. The van der Waals surface area contributed by atoms with Crippen molar-refractivity contribution < 1.29 is 29.3 Å². The molecule has 5 rings (SSSR count). The maximum absolute atomic E-state index is 12.0. The summed E-state index contributed by atoms with van der Waals surface area (Å²) in [7, 11) is 0. The quantitative estimate of drug-likeness (QED) is 0.136. The number of carboxylic acids is 1. The third-order valence-corrected chi connectivity index (χ3v) is 8.48. The number of aliphatic carboxylic acids is 1. The molecule has 0 unspecified atom stereocenters. The van der Waals surface area contributed by atoms with Gasteiger partial charge in [-0.25, -0.2) is 9.97 Å². The summed E-state index contributed by atoms with van der Waals surface area (Å²) in [5.41, 5.74) is 5.58. The number of aliphatic hydroxyl groups excluding tert-OH is 1.